The quantitative estimate of drug-likeness (QED) is 0.714. The minimum Gasteiger partial charge on any atom is -0.495 e. The van der Waals surface area contributed by atoms with E-state index in [9.17, 15) is 4.79 Å². The number of carbonyl (C=O) groups is 1. The number of terminal acetylenes is 1. The Morgan fingerprint density at radius 3 is 2.93 bits per heavy atom. The Balaban J connectivity index is 3.03. The second kappa shape index (κ2) is 4.91. The maximum Gasteiger partial charge on any atom is 0.248 e. The van der Waals surface area contributed by atoms with E-state index in [4.69, 9.17) is 16.9 Å². The Kier molecular flexibility index (Phi) is 3.58. The van der Waals surface area contributed by atoms with Gasteiger partial charge in [0, 0.05) is 5.56 Å². The summed E-state index contributed by atoms with van der Waals surface area (Å²) in [5.41, 5.74) is 6.23. The molecule has 0 atom stereocenters. The van der Waals surface area contributed by atoms with Gasteiger partial charge in [-0.3, -0.25) is 4.79 Å². The smallest absolute Gasteiger partial charge is 0.248 e. The second-order valence-electron chi connectivity index (χ2n) is 2.84. The molecule has 0 unspecified atom stereocenters. The normalized spacial score (nSPS) is 9.07. The van der Waals surface area contributed by atoms with Crippen molar-refractivity contribution in [3.63, 3.8) is 0 Å². The molecule has 0 aliphatic heterocycles. The van der Waals surface area contributed by atoms with Crippen LogP contribution < -0.4 is 15.8 Å². The highest BCUT2D eigenvalue weighted by molar-refractivity contribution is 5.94. The molecule has 1 aromatic carbocycles. The average Bonchev–Trinajstić information content (AvgIpc) is 2.25. The van der Waals surface area contributed by atoms with Gasteiger partial charge in [-0.05, 0) is 18.2 Å². The topological polar surface area (TPSA) is 64.3 Å². The lowest BCUT2D eigenvalue weighted by Gasteiger charge is -2.09. The second-order valence-corrected chi connectivity index (χ2v) is 2.84. The molecule has 4 nitrogen and oxygen atoms in total. The van der Waals surface area contributed by atoms with E-state index in [-0.39, 0.29) is 0 Å². The van der Waals surface area contributed by atoms with Crippen molar-refractivity contribution in [2.24, 2.45) is 5.73 Å². The Morgan fingerprint density at radius 2 is 2.40 bits per heavy atom. The zero-order valence-electron chi connectivity index (χ0n) is 8.41. The summed E-state index contributed by atoms with van der Waals surface area (Å²) in [5, 5.41) is 2.94. The van der Waals surface area contributed by atoms with Crippen LogP contribution >= 0.6 is 0 Å². The van der Waals surface area contributed by atoms with Crippen LogP contribution in [0.2, 0.25) is 0 Å². The number of ether oxygens (including phenoxy) is 1. The summed E-state index contributed by atoms with van der Waals surface area (Å²) < 4.78 is 5.09. The van der Waals surface area contributed by atoms with Gasteiger partial charge in [0.15, 0.2) is 0 Å². The van der Waals surface area contributed by atoms with Crippen molar-refractivity contribution in [1.82, 2.24) is 0 Å². The molecule has 1 rings (SSSR count). The third kappa shape index (κ3) is 2.64. The number of nitrogens with two attached hydrogens (primary N) is 1. The lowest BCUT2D eigenvalue weighted by atomic mass is 10.1. The number of rotatable bonds is 4. The fourth-order valence-electron chi connectivity index (χ4n) is 1.15. The summed E-state index contributed by atoms with van der Waals surface area (Å²) in [6.07, 6.45) is 5.12. The Labute approximate surface area is 88.4 Å². The lowest BCUT2D eigenvalue weighted by Crippen LogP contribution is -2.11. The first-order valence-electron chi connectivity index (χ1n) is 4.34. The van der Waals surface area contributed by atoms with Crippen LogP contribution in [0.1, 0.15) is 10.4 Å². The SMILES string of the molecule is C#CCNc1cc(C(N)=O)ccc1OC. The van der Waals surface area contributed by atoms with Crippen molar-refractivity contribution in [2.45, 2.75) is 0 Å². The fraction of sp³-hybridized carbons (Fsp3) is 0.182. The minimum absolute atomic E-state index is 0.360. The van der Waals surface area contributed by atoms with Crippen LogP contribution in [-0.4, -0.2) is 19.6 Å². The molecule has 0 fully saturated rings. The van der Waals surface area contributed by atoms with E-state index in [0.29, 0.717) is 23.5 Å². The number of hydrogen-bond donors (Lipinski definition) is 2. The Bertz CT molecular complexity index is 408. The van der Waals surface area contributed by atoms with E-state index >= 15 is 0 Å². The van der Waals surface area contributed by atoms with Crippen LogP contribution in [0.4, 0.5) is 5.69 Å². The number of amides is 1. The van der Waals surface area contributed by atoms with Gasteiger partial charge in [0.25, 0.3) is 0 Å². The molecule has 0 radical (unpaired) electrons. The van der Waals surface area contributed by atoms with Crippen molar-refractivity contribution in [2.75, 3.05) is 19.0 Å². The highest BCUT2D eigenvalue weighted by Gasteiger charge is 2.06. The van der Waals surface area contributed by atoms with Gasteiger partial charge in [-0.1, -0.05) is 5.92 Å². The van der Waals surface area contributed by atoms with Gasteiger partial charge in [0.2, 0.25) is 5.91 Å². The third-order valence-corrected chi connectivity index (χ3v) is 1.86. The largest absolute Gasteiger partial charge is 0.495 e. The number of methoxy groups -OCH3 is 1. The van der Waals surface area contributed by atoms with Crippen LogP contribution in [0.15, 0.2) is 18.2 Å². The van der Waals surface area contributed by atoms with Gasteiger partial charge in [0.05, 0.1) is 19.3 Å². The van der Waals surface area contributed by atoms with Gasteiger partial charge in [0.1, 0.15) is 5.75 Å². The fourth-order valence-corrected chi connectivity index (χ4v) is 1.15. The van der Waals surface area contributed by atoms with E-state index in [2.05, 4.69) is 11.2 Å². The van der Waals surface area contributed by atoms with Crippen LogP contribution in [0.3, 0.4) is 0 Å². The predicted octanol–water partition coefficient (Wildman–Crippen LogP) is 0.839. The molecular weight excluding hydrogens is 192 g/mol. The van der Waals surface area contributed by atoms with Crippen molar-refractivity contribution in [3.05, 3.63) is 23.8 Å². The third-order valence-electron chi connectivity index (χ3n) is 1.86. The first kappa shape index (κ1) is 10.9. The molecule has 0 aliphatic carbocycles. The van der Waals surface area contributed by atoms with Crippen molar-refractivity contribution in [3.8, 4) is 18.1 Å². The molecule has 3 N–H and O–H groups in total. The molecule has 0 saturated heterocycles. The molecule has 1 aromatic rings. The van der Waals surface area contributed by atoms with Crippen LogP contribution in [0.5, 0.6) is 5.75 Å². The summed E-state index contributed by atoms with van der Waals surface area (Å²) in [6, 6.07) is 4.87. The standard InChI is InChI=1S/C11H12N2O2/c1-3-6-13-9-7-8(11(12)14)4-5-10(9)15-2/h1,4-5,7,13H,6H2,2H3,(H2,12,14). The first-order chi connectivity index (χ1) is 7.19. The predicted molar refractivity (Wildman–Crippen MR) is 58.8 cm³/mol. The summed E-state index contributed by atoms with van der Waals surface area (Å²) in [4.78, 5) is 10.9. The summed E-state index contributed by atoms with van der Waals surface area (Å²) in [6.45, 7) is 0.360. The zero-order valence-corrected chi connectivity index (χ0v) is 8.41. The molecule has 0 bridgehead atoms. The lowest BCUT2D eigenvalue weighted by molar-refractivity contribution is 0.100. The zero-order chi connectivity index (χ0) is 11.3. The van der Waals surface area contributed by atoms with Gasteiger partial charge in [-0.2, -0.15) is 0 Å². The highest BCUT2D eigenvalue weighted by Crippen LogP contribution is 2.24. The summed E-state index contributed by atoms with van der Waals surface area (Å²) >= 11 is 0. The van der Waals surface area contributed by atoms with Gasteiger partial charge >= 0.3 is 0 Å². The van der Waals surface area contributed by atoms with Crippen molar-refractivity contribution >= 4 is 11.6 Å². The number of nitrogens with one attached hydrogen (secondary N) is 1. The van der Waals surface area contributed by atoms with E-state index in [1.807, 2.05) is 0 Å². The molecule has 4 heteroatoms. The molecule has 0 spiro atoms. The summed E-state index contributed by atoms with van der Waals surface area (Å²) in [7, 11) is 1.54. The molecule has 15 heavy (non-hydrogen) atoms. The van der Waals surface area contributed by atoms with Gasteiger partial charge in [-0.25, -0.2) is 0 Å². The van der Waals surface area contributed by atoms with E-state index in [1.165, 1.54) is 0 Å². The molecule has 1 amide bonds. The minimum atomic E-state index is -0.485. The monoisotopic (exact) mass is 204 g/mol. The molecule has 0 saturated carbocycles. The van der Waals surface area contributed by atoms with Crippen molar-refractivity contribution < 1.29 is 9.53 Å². The van der Waals surface area contributed by atoms with Crippen LogP contribution in [0.25, 0.3) is 0 Å². The van der Waals surface area contributed by atoms with E-state index < -0.39 is 5.91 Å². The number of hydrogen-bond acceptors (Lipinski definition) is 3. The molecule has 0 aromatic heterocycles. The number of primary amides is 1. The van der Waals surface area contributed by atoms with Gasteiger partial charge < -0.3 is 15.8 Å². The summed E-state index contributed by atoms with van der Waals surface area (Å²) in [5.74, 6) is 2.57. The number of benzene rings is 1. The Morgan fingerprint density at radius 1 is 1.67 bits per heavy atom. The Hall–Kier alpha value is -2.15. The maximum atomic E-state index is 10.9. The maximum absolute atomic E-state index is 10.9. The van der Waals surface area contributed by atoms with Crippen molar-refractivity contribution in [1.29, 1.82) is 0 Å². The molecule has 78 valence electrons. The van der Waals surface area contributed by atoms with Crippen LogP contribution in [-0.2, 0) is 0 Å². The van der Waals surface area contributed by atoms with Crippen LogP contribution in [0, 0.1) is 12.3 Å². The van der Waals surface area contributed by atoms with Gasteiger partial charge in [-0.15, -0.1) is 6.42 Å². The van der Waals surface area contributed by atoms with E-state index in [1.54, 1.807) is 25.3 Å². The molecular formula is C11H12N2O2. The number of anilines is 1. The molecule has 0 heterocycles. The van der Waals surface area contributed by atoms with E-state index in [0.717, 1.165) is 0 Å². The number of carbonyl (C=O) groups excluding carboxylic acids is 1. The highest BCUT2D eigenvalue weighted by atomic mass is 16.5. The molecule has 0 aliphatic rings. The first-order valence-corrected chi connectivity index (χ1v) is 4.34. The average molecular weight is 204 g/mol.